The van der Waals surface area contributed by atoms with E-state index in [0.717, 1.165) is 67.2 Å². The number of hydrogen-bond donors (Lipinski definition) is 2. The van der Waals surface area contributed by atoms with E-state index in [1.165, 1.54) is 18.5 Å². The molecule has 3 heterocycles. The lowest BCUT2D eigenvalue weighted by Crippen LogP contribution is -2.44. The first-order valence-corrected chi connectivity index (χ1v) is 11.7. The summed E-state index contributed by atoms with van der Waals surface area (Å²) in [7, 11) is 2.17. The lowest BCUT2D eigenvalue weighted by atomic mass is 9.93. The van der Waals surface area contributed by atoms with Gasteiger partial charge in [0, 0.05) is 49.0 Å². The topological polar surface area (TPSA) is 47.2 Å². The van der Waals surface area contributed by atoms with Gasteiger partial charge >= 0.3 is 0 Å². The Morgan fingerprint density at radius 2 is 1.78 bits per heavy atom. The van der Waals surface area contributed by atoms with Gasteiger partial charge in [-0.2, -0.15) is 5.10 Å². The van der Waals surface area contributed by atoms with Crippen LogP contribution in [0.15, 0.2) is 42.5 Å². The summed E-state index contributed by atoms with van der Waals surface area (Å²) in [5.74, 6) is -0.187. The molecule has 2 saturated heterocycles. The normalized spacial score (nSPS) is 20.0. The molecule has 0 bridgehead atoms. The van der Waals surface area contributed by atoms with Crippen LogP contribution in [0, 0.1) is 12.7 Å². The number of halogens is 1. The van der Waals surface area contributed by atoms with Gasteiger partial charge in [-0.1, -0.05) is 24.6 Å². The number of piperidine rings is 1. The third kappa shape index (κ3) is 4.30. The zero-order chi connectivity index (χ0) is 22.1. The third-order valence-corrected chi connectivity index (χ3v) is 6.90. The van der Waals surface area contributed by atoms with Gasteiger partial charge in [-0.3, -0.25) is 5.10 Å². The van der Waals surface area contributed by atoms with E-state index in [-0.39, 0.29) is 11.9 Å². The summed E-state index contributed by atoms with van der Waals surface area (Å²) < 4.78 is 15.2. The molecule has 5 nitrogen and oxygen atoms in total. The summed E-state index contributed by atoms with van der Waals surface area (Å²) in [5, 5.41) is 11.1. The van der Waals surface area contributed by atoms with E-state index in [4.69, 9.17) is 0 Å². The Balaban J connectivity index is 1.35. The molecule has 2 fully saturated rings. The van der Waals surface area contributed by atoms with Crippen LogP contribution in [0.5, 0.6) is 0 Å². The number of rotatable bonds is 4. The molecule has 0 aliphatic carbocycles. The number of benzene rings is 2. The van der Waals surface area contributed by atoms with Crippen molar-refractivity contribution in [3.8, 4) is 22.5 Å². The summed E-state index contributed by atoms with van der Waals surface area (Å²) in [4.78, 5) is 4.77. The van der Waals surface area contributed by atoms with Gasteiger partial charge in [0.15, 0.2) is 0 Å². The fraction of sp³-hybridized carbons (Fsp3) is 0.423. The third-order valence-electron chi connectivity index (χ3n) is 6.90. The lowest BCUT2D eigenvalue weighted by Gasteiger charge is -2.34. The van der Waals surface area contributed by atoms with Crippen molar-refractivity contribution >= 4 is 5.69 Å². The van der Waals surface area contributed by atoms with E-state index in [9.17, 15) is 0 Å². The largest absolute Gasteiger partial charge is 0.369 e. The highest BCUT2D eigenvalue weighted by Gasteiger charge is 2.20. The maximum Gasteiger partial charge on any atom is 0.133 e. The fourth-order valence-corrected chi connectivity index (χ4v) is 4.95. The van der Waals surface area contributed by atoms with Crippen molar-refractivity contribution in [3.05, 3.63) is 59.4 Å². The summed E-state index contributed by atoms with van der Waals surface area (Å²) in [5.41, 5.74) is 6.42. The van der Waals surface area contributed by atoms with Crippen LogP contribution in [0.4, 0.5) is 10.1 Å². The molecule has 32 heavy (non-hydrogen) atoms. The molecule has 1 atom stereocenters. The highest BCUT2D eigenvalue weighted by Crippen LogP contribution is 2.33. The van der Waals surface area contributed by atoms with Gasteiger partial charge in [0.25, 0.3) is 0 Å². The minimum Gasteiger partial charge on any atom is -0.369 e. The van der Waals surface area contributed by atoms with Gasteiger partial charge in [-0.05, 0) is 68.8 Å². The SMILES string of the molecule is Cc1cc(C2CCCCN2)cc(F)c1-c1cc(-c2ccc(N3CCN(C)CC3)cc2)n[nH]1. The average Bonchev–Trinajstić information content (AvgIpc) is 3.29. The molecule has 0 amide bonds. The molecule has 1 unspecified atom stereocenters. The smallest absolute Gasteiger partial charge is 0.133 e. The van der Waals surface area contributed by atoms with E-state index in [2.05, 4.69) is 62.7 Å². The molecular weight excluding hydrogens is 401 g/mol. The van der Waals surface area contributed by atoms with Gasteiger partial charge < -0.3 is 15.1 Å². The number of H-pyrrole nitrogens is 1. The van der Waals surface area contributed by atoms with Crippen molar-refractivity contribution in [2.75, 3.05) is 44.7 Å². The average molecular weight is 434 g/mol. The van der Waals surface area contributed by atoms with Crippen molar-refractivity contribution in [3.63, 3.8) is 0 Å². The highest BCUT2D eigenvalue weighted by molar-refractivity contribution is 5.72. The van der Waals surface area contributed by atoms with Crippen molar-refractivity contribution in [2.24, 2.45) is 0 Å². The van der Waals surface area contributed by atoms with Crippen molar-refractivity contribution < 1.29 is 4.39 Å². The van der Waals surface area contributed by atoms with Crippen LogP contribution in [-0.4, -0.2) is 54.9 Å². The van der Waals surface area contributed by atoms with Gasteiger partial charge in [0.1, 0.15) is 5.82 Å². The second-order valence-electron chi connectivity index (χ2n) is 9.20. The highest BCUT2D eigenvalue weighted by atomic mass is 19.1. The van der Waals surface area contributed by atoms with Crippen molar-refractivity contribution in [2.45, 2.75) is 32.2 Å². The molecule has 2 aliphatic heterocycles. The molecular formula is C26H32FN5. The number of nitrogens with one attached hydrogen (secondary N) is 2. The minimum atomic E-state index is -0.187. The van der Waals surface area contributed by atoms with E-state index >= 15 is 4.39 Å². The van der Waals surface area contributed by atoms with Crippen molar-refractivity contribution in [1.82, 2.24) is 20.4 Å². The zero-order valence-electron chi connectivity index (χ0n) is 19.0. The number of aromatic nitrogens is 2. The molecule has 3 aromatic rings. The Bertz CT molecular complexity index is 1040. The van der Waals surface area contributed by atoms with Gasteiger partial charge in [-0.15, -0.1) is 0 Å². The van der Waals surface area contributed by atoms with Crippen LogP contribution in [0.25, 0.3) is 22.5 Å². The summed E-state index contributed by atoms with van der Waals surface area (Å²) in [6.45, 7) is 7.26. The Hall–Kier alpha value is -2.70. The number of likely N-dealkylation sites (N-methyl/N-ethyl adjacent to an activating group) is 1. The molecule has 2 aliphatic rings. The number of piperazine rings is 1. The Morgan fingerprint density at radius 3 is 2.47 bits per heavy atom. The van der Waals surface area contributed by atoms with Crippen LogP contribution >= 0.6 is 0 Å². The standard InChI is InChI=1S/C26H32FN5/c1-18-15-20(23-5-3-4-10-28-23)16-22(27)26(18)25-17-24(29-30-25)19-6-8-21(9-7-19)32-13-11-31(2)12-14-32/h6-9,15-17,23,28H,3-5,10-14H2,1-2H3,(H,29,30). The van der Waals surface area contributed by atoms with Crippen LogP contribution < -0.4 is 10.2 Å². The molecule has 0 spiro atoms. The Labute approximate surface area is 189 Å². The monoisotopic (exact) mass is 433 g/mol. The quantitative estimate of drug-likeness (QED) is 0.623. The van der Waals surface area contributed by atoms with Crippen molar-refractivity contribution in [1.29, 1.82) is 0 Å². The Morgan fingerprint density at radius 1 is 1.00 bits per heavy atom. The lowest BCUT2D eigenvalue weighted by molar-refractivity contribution is 0.313. The predicted octanol–water partition coefficient (Wildman–Crippen LogP) is 4.76. The van der Waals surface area contributed by atoms with E-state index in [1.807, 2.05) is 13.0 Å². The second-order valence-corrected chi connectivity index (χ2v) is 9.20. The maximum absolute atomic E-state index is 15.2. The molecule has 168 valence electrons. The van der Waals surface area contributed by atoms with Crippen LogP contribution in [-0.2, 0) is 0 Å². The van der Waals surface area contributed by atoms with Gasteiger partial charge in [0.2, 0.25) is 0 Å². The number of nitrogens with zero attached hydrogens (tertiary/aromatic N) is 3. The van der Waals surface area contributed by atoms with Gasteiger partial charge in [-0.25, -0.2) is 4.39 Å². The zero-order valence-corrected chi connectivity index (χ0v) is 19.0. The first-order valence-electron chi connectivity index (χ1n) is 11.7. The fourth-order valence-electron chi connectivity index (χ4n) is 4.95. The van der Waals surface area contributed by atoms with Gasteiger partial charge in [0.05, 0.1) is 11.4 Å². The van der Waals surface area contributed by atoms with Crippen LogP contribution in [0.1, 0.15) is 36.4 Å². The number of aryl methyl sites for hydroxylation is 1. The number of aromatic amines is 1. The van der Waals surface area contributed by atoms with E-state index in [1.54, 1.807) is 6.07 Å². The molecule has 5 rings (SSSR count). The van der Waals surface area contributed by atoms with Crippen LogP contribution in [0.2, 0.25) is 0 Å². The van der Waals surface area contributed by atoms with E-state index < -0.39 is 0 Å². The van der Waals surface area contributed by atoms with E-state index in [0.29, 0.717) is 5.56 Å². The molecule has 2 N–H and O–H groups in total. The summed E-state index contributed by atoms with van der Waals surface area (Å²) in [6.07, 6.45) is 3.46. The Kier molecular flexibility index (Phi) is 5.98. The number of hydrogen-bond acceptors (Lipinski definition) is 4. The summed E-state index contributed by atoms with van der Waals surface area (Å²) >= 11 is 0. The molecule has 6 heteroatoms. The predicted molar refractivity (Wildman–Crippen MR) is 128 cm³/mol. The first kappa shape index (κ1) is 21.2. The molecule has 0 radical (unpaired) electrons. The second kappa shape index (κ2) is 9.04. The number of anilines is 1. The molecule has 0 saturated carbocycles. The minimum absolute atomic E-state index is 0.187. The van der Waals surface area contributed by atoms with Crippen LogP contribution in [0.3, 0.4) is 0 Å². The summed E-state index contributed by atoms with van der Waals surface area (Å²) in [6, 6.07) is 14.5. The first-order chi connectivity index (χ1) is 15.6. The molecule has 1 aromatic heterocycles. The maximum atomic E-state index is 15.2. The molecule has 2 aromatic carbocycles.